The van der Waals surface area contributed by atoms with Crippen molar-refractivity contribution in [2.45, 2.75) is 13.3 Å². The first-order valence-electron chi connectivity index (χ1n) is 3.58. The van der Waals surface area contributed by atoms with Crippen molar-refractivity contribution in [1.82, 2.24) is 0 Å². The standard InChI is InChI=1S/C10H10O/c1-3-9-7-5-6-8-10(9)11-4-2/h2,5-8H,3H2,1H3. The fourth-order valence-electron chi connectivity index (χ4n) is 0.959. The van der Waals surface area contributed by atoms with E-state index >= 15 is 0 Å². The van der Waals surface area contributed by atoms with Gasteiger partial charge in [-0.15, -0.1) is 0 Å². The number of aryl methyl sites for hydroxylation is 1. The minimum absolute atomic E-state index is 0.789. The summed E-state index contributed by atoms with van der Waals surface area (Å²) in [5.74, 6) is 0.789. The second-order valence-corrected chi connectivity index (χ2v) is 2.18. The van der Waals surface area contributed by atoms with E-state index < -0.39 is 0 Å². The van der Waals surface area contributed by atoms with Crippen molar-refractivity contribution in [3.63, 3.8) is 0 Å². The molecular weight excluding hydrogens is 136 g/mol. The fraction of sp³-hybridized carbons (Fsp3) is 0.200. The van der Waals surface area contributed by atoms with Gasteiger partial charge < -0.3 is 4.74 Å². The number of terminal acetylenes is 1. The van der Waals surface area contributed by atoms with Gasteiger partial charge in [0.15, 0.2) is 0 Å². The molecule has 1 nitrogen and oxygen atoms in total. The summed E-state index contributed by atoms with van der Waals surface area (Å²) < 4.78 is 4.96. The Hall–Kier alpha value is -1.42. The minimum Gasteiger partial charge on any atom is -0.408 e. The largest absolute Gasteiger partial charge is 0.408 e. The predicted molar refractivity (Wildman–Crippen MR) is 45.3 cm³/mol. The van der Waals surface area contributed by atoms with E-state index in [4.69, 9.17) is 11.2 Å². The molecule has 0 saturated heterocycles. The van der Waals surface area contributed by atoms with E-state index in [0.29, 0.717) is 0 Å². The van der Waals surface area contributed by atoms with Crippen LogP contribution in [0, 0.1) is 12.5 Å². The van der Waals surface area contributed by atoms with Gasteiger partial charge in [0.1, 0.15) is 11.9 Å². The van der Waals surface area contributed by atoms with Crippen LogP contribution >= 0.6 is 0 Å². The molecule has 0 unspecified atom stereocenters. The van der Waals surface area contributed by atoms with E-state index in [0.717, 1.165) is 17.7 Å². The molecule has 1 heteroatoms. The maximum atomic E-state index is 5.01. The summed E-state index contributed by atoms with van der Waals surface area (Å²) in [6.07, 6.45) is 8.11. The summed E-state index contributed by atoms with van der Waals surface area (Å²) in [5, 5.41) is 0. The maximum absolute atomic E-state index is 5.01. The first kappa shape index (κ1) is 7.68. The zero-order chi connectivity index (χ0) is 8.10. The van der Waals surface area contributed by atoms with Crippen LogP contribution in [0.5, 0.6) is 5.75 Å². The molecule has 0 aromatic heterocycles. The van der Waals surface area contributed by atoms with Gasteiger partial charge in [-0.05, 0) is 18.1 Å². The molecule has 1 rings (SSSR count). The Bertz CT molecular complexity index is 270. The highest BCUT2D eigenvalue weighted by Gasteiger charge is 1.97. The van der Waals surface area contributed by atoms with E-state index in [-0.39, 0.29) is 0 Å². The molecule has 11 heavy (non-hydrogen) atoms. The van der Waals surface area contributed by atoms with E-state index in [2.05, 4.69) is 13.0 Å². The van der Waals surface area contributed by atoms with Crippen LogP contribution in [0.2, 0.25) is 0 Å². The van der Waals surface area contributed by atoms with Gasteiger partial charge >= 0.3 is 0 Å². The maximum Gasteiger partial charge on any atom is 0.143 e. The van der Waals surface area contributed by atoms with Crippen molar-refractivity contribution in [3.8, 4) is 18.3 Å². The van der Waals surface area contributed by atoms with Gasteiger partial charge in [0, 0.05) is 0 Å². The molecule has 0 radical (unpaired) electrons. The third-order valence-electron chi connectivity index (χ3n) is 1.52. The van der Waals surface area contributed by atoms with Gasteiger partial charge in [-0.25, -0.2) is 0 Å². The van der Waals surface area contributed by atoms with Gasteiger partial charge in [-0.3, -0.25) is 0 Å². The van der Waals surface area contributed by atoms with E-state index in [1.54, 1.807) is 0 Å². The van der Waals surface area contributed by atoms with E-state index in [9.17, 15) is 0 Å². The first-order valence-corrected chi connectivity index (χ1v) is 3.58. The highest BCUT2D eigenvalue weighted by molar-refractivity contribution is 5.34. The SMILES string of the molecule is C#COc1ccccc1CC. The van der Waals surface area contributed by atoms with Crippen LogP contribution in [0.3, 0.4) is 0 Å². The molecule has 0 amide bonds. The van der Waals surface area contributed by atoms with Crippen LogP contribution in [-0.4, -0.2) is 0 Å². The average Bonchev–Trinajstić information content (AvgIpc) is 2.06. The number of ether oxygens (including phenoxy) is 1. The lowest BCUT2D eigenvalue weighted by atomic mass is 10.1. The van der Waals surface area contributed by atoms with Crippen LogP contribution in [0.1, 0.15) is 12.5 Å². The average molecular weight is 146 g/mol. The zero-order valence-electron chi connectivity index (χ0n) is 6.50. The third kappa shape index (κ3) is 1.75. The lowest BCUT2D eigenvalue weighted by Crippen LogP contribution is -1.88. The van der Waals surface area contributed by atoms with Gasteiger partial charge in [0.25, 0.3) is 0 Å². The highest BCUT2D eigenvalue weighted by Crippen LogP contribution is 2.17. The van der Waals surface area contributed by atoms with E-state index in [1.165, 1.54) is 0 Å². The molecule has 0 aliphatic rings. The molecule has 0 fully saturated rings. The Balaban J connectivity index is 2.94. The number of benzene rings is 1. The van der Waals surface area contributed by atoms with Gasteiger partial charge in [-0.2, -0.15) is 0 Å². The quantitative estimate of drug-likeness (QED) is 0.581. The number of hydrogen-bond donors (Lipinski definition) is 0. The van der Waals surface area contributed by atoms with Gasteiger partial charge in [-0.1, -0.05) is 31.5 Å². The molecule has 0 aliphatic heterocycles. The van der Waals surface area contributed by atoms with Crippen LogP contribution in [0.15, 0.2) is 24.3 Å². The fourth-order valence-corrected chi connectivity index (χ4v) is 0.959. The minimum atomic E-state index is 0.789. The third-order valence-corrected chi connectivity index (χ3v) is 1.52. The van der Waals surface area contributed by atoms with Crippen molar-refractivity contribution in [2.24, 2.45) is 0 Å². The summed E-state index contributed by atoms with van der Waals surface area (Å²) >= 11 is 0. The van der Waals surface area contributed by atoms with Crippen molar-refractivity contribution < 1.29 is 4.74 Å². The predicted octanol–water partition coefficient (Wildman–Crippen LogP) is 2.22. The summed E-state index contributed by atoms with van der Waals surface area (Å²) in [6.45, 7) is 2.07. The van der Waals surface area contributed by atoms with E-state index in [1.807, 2.05) is 24.3 Å². The Morgan fingerprint density at radius 1 is 1.45 bits per heavy atom. The molecule has 0 saturated carbocycles. The van der Waals surface area contributed by atoms with Crippen molar-refractivity contribution >= 4 is 0 Å². The molecule has 0 spiro atoms. The number of hydrogen-bond acceptors (Lipinski definition) is 1. The summed E-state index contributed by atoms with van der Waals surface area (Å²) in [4.78, 5) is 0. The molecule has 0 bridgehead atoms. The van der Waals surface area contributed by atoms with Crippen molar-refractivity contribution in [1.29, 1.82) is 0 Å². The lowest BCUT2D eigenvalue weighted by molar-refractivity contribution is 0.514. The first-order chi connectivity index (χ1) is 5.38. The number of rotatable bonds is 2. The van der Waals surface area contributed by atoms with Crippen LogP contribution < -0.4 is 4.74 Å². The van der Waals surface area contributed by atoms with Crippen LogP contribution in [0.25, 0.3) is 0 Å². The summed E-state index contributed by atoms with van der Waals surface area (Å²) in [6, 6.07) is 7.76. The lowest BCUT2D eigenvalue weighted by Gasteiger charge is -2.02. The molecular formula is C10H10O. The summed E-state index contributed by atoms with van der Waals surface area (Å²) in [5.41, 5.74) is 1.14. The topological polar surface area (TPSA) is 9.23 Å². The molecule has 56 valence electrons. The second kappa shape index (κ2) is 3.68. The van der Waals surface area contributed by atoms with Crippen LogP contribution in [0.4, 0.5) is 0 Å². The monoisotopic (exact) mass is 146 g/mol. The molecule has 0 heterocycles. The van der Waals surface area contributed by atoms with Crippen molar-refractivity contribution in [3.05, 3.63) is 29.8 Å². The molecule has 0 N–H and O–H groups in total. The van der Waals surface area contributed by atoms with Gasteiger partial charge in [0.2, 0.25) is 0 Å². The Morgan fingerprint density at radius 3 is 2.82 bits per heavy atom. The highest BCUT2D eigenvalue weighted by atomic mass is 16.5. The molecule has 0 atom stereocenters. The second-order valence-electron chi connectivity index (χ2n) is 2.18. The zero-order valence-corrected chi connectivity index (χ0v) is 6.50. The normalized spacial score (nSPS) is 8.73. The Morgan fingerprint density at radius 2 is 2.18 bits per heavy atom. The van der Waals surface area contributed by atoms with Crippen molar-refractivity contribution in [2.75, 3.05) is 0 Å². The molecule has 1 aromatic carbocycles. The smallest absolute Gasteiger partial charge is 0.143 e. The van der Waals surface area contributed by atoms with Gasteiger partial charge in [0.05, 0.1) is 0 Å². The van der Waals surface area contributed by atoms with Crippen LogP contribution in [-0.2, 0) is 6.42 Å². The molecule has 1 aromatic rings. The Labute approximate surface area is 67.0 Å². The Kier molecular flexibility index (Phi) is 2.57. The summed E-state index contributed by atoms with van der Waals surface area (Å²) in [7, 11) is 0. The molecule has 0 aliphatic carbocycles. The number of para-hydroxylation sites is 1.